The summed E-state index contributed by atoms with van der Waals surface area (Å²) >= 11 is 0. The van der Waals surface area contributed by atoms with E-state index in [2.05, 4.69) is 10.3 Å². The monoisotopic (exact) mass is 234 g/mol. The van der Waals surface area contributed by atoms with Crippen LogP contribution in [0.25, 0.3) is 0 Å². The van der Waals surface area contributed by atoms with Gasteiger partial charge in [-0.15, -0.1) is 0 Å². The zero-order chi connectivity index (χ0) is 12.1. The third kappa shape index (κ3) is 3.19. The molecule has 92 valence electrons. The quantitative estimate of drug-likeness (QED) is 0.871. The summed E-state index contributed by atoms with van der Waals surface area (Å²) in [7, 11) is 1.60. The topological polar surface area (TPSA) is 51.2 Å². The molecule has 1 amide bonds. The normalized spacial score (nSPS) is 16.5. The number of ether oxygens (including phenoxy) is 1. The van der Waals surface area contributed by atoms with Crippen molar-refractivity contribution in [2.45, 2.75) is 38.2 Å². The van der Waals surface area contributed by atoms with Crippen LogP contribution >= 0.6 is 0 Å². The van der Waals surface area contributed by atoms with E-state index >= 15 is 0 Å². The van der Waals surface area contributed by atoms with Gasteiger partial charge in [-0.25, -0.2) is 0 Å². The first-order valence-corrected chi connectivity index (χ1v) is 6.14. The van der Waals surface area contributed by atoms with E-state index in [1.807, 2.05) is 0 Å². The minimum atomic E-state index is -0.181. The van der Waals surface area contributed by atoms with Crippen LogP contribution in [0.3, 0.4) is 0 Å². The molecule has 0 saturated heterocycles. The first-order valence-electron chi connectivity index (χ1n) is 6.14. The van der Waals surface area contributed by atoms with Crippen molar-refractivity contribution < 1.29 is 9.53 Å². The molecule has 1 N–H and O–H groups in total. The fourth-order valence-electron chi connectivity index (χ4n) is 2.11. The van der Waals surface area contributed by atoms with E-state index in [4.69, 9.17) is 4.74 Å². The molecule has 1 heterocycles. The van der Waals surface area contributed by atoms with Crippen molar-refractivity contribution in [1.82, 2.24) is 10.3 Å². The van der Waals surface area contributed by atoms with E-state index < -0.39 is 0 Å². The van der Waals surface area contributed by atoms with Gasteiger partial charge in [-0.1, -0.05) is 6.42 Å². The summed E-state index contributed by atoms with van der Waals surface area (Å²) in [6.07, 6.45) is 7.90. The summed E-state index contributed by atoms with van der Waals surface area (Å²) in [5, 5.41) is 2.56. The molecule has 0 spiro atoms. The Hall–Kier alpha value is -1.58. The molecule has 2 rings (SSSR count). The molecule has 4 nitrogen and oxygen atoms in total. The average molecular weight is 234 g/mol. The number of aromatic nitrogens is 1. The lowest BCUT2D eigenvalue weighted by Crippen LogP contribution is -2.21. The Balaban J connectivity index is 2.02. The van der Waals surface area contributed by atoms with E-state index in [9.17, 15) is 4.79 Å². The van der Waals surface area contributed by atoms with E-state index in [1.165, 1.54) is 19.3 Å². The number of carbonyl (C=O) groups excluding carboxylic acids is 1. The van der Waals surface area contributed by atoms with Crippen LogP contribution in [0.5, 0.6) is 5.75 Å². The standard InChI is InChI=1S/C13H18N2O2/c1-14-13(16)12-9-11(7-8-15-12)17-10-5-3-2-4-6-10/h7-10H,2-6H2,1H3,(H,14,16). The van der Waals surface area contributed by atoms with Crippen LogP contribution in [0.2, 0.25) is 0 Å². The second-order valence-corrected chi connectivity index (χ2v) is 4.33. The second kappa shape index (κ2) is 5.66. The molecule has 1 aromatic rings. The minimum Gasteiger partial charge on any atom is -0.490 e. The minimum absolute atomic E-state index is 0.181. The predicted molar refractivity (Wildman–Crippen MR) is 65.1 cm³/mol. The molecule has 1 fully saturated rings. The van der Waals surface area contributed by atoms with Crippen molar-refractivity contribution in [3.63, 3.8) is 0 Å². The molecule has 0 atom stereocenters. The lowest BCUT2D eigenvalue weighted by Gasteiger charge is -2.23. The van der Waals surface area contributed by atoms with Gasteiger partial charge in [0.2, 0.25) is 0 Å². The summed E-state index contributed by atoms with van der Waals surface area (Å²) in [4.78, 5) is 15.4. The fraction of sp³-hybridized carbons (Fsp3) is 0.538. The van der Waals surface area contributed by atoms with Crippen molar-refractivity contribution in [2.75, 3.05) is 7.05 Å². The number of nitrogens with one attached hydrogen (secondary N) is 1. The van der Waals surface area contributed by atoms with Crippen LogP contribution in [0.1, 0.15) is 42.6 Å². The molecule has 17 heavy (non-hydrogen) atoms. The van der Waals surface area contributed by atoms with Gasteiger partial charge in [0.15, 0.2) is 0 Å². The maximum Gasteiger partial charge on any atom is 0.269 e. The Kier molecular flexibility index (Phi) is 3.96. The zero-order valence-corrected chi connectivity index (χ0v) is 10.1. The molecule has 1 saturated carbocycles. The molecular weight excluding hydrogens is 216 g/mol. The molecule has 0 unspecified atom stereocenters. The Labute approximate surface area is 101 Å². The van der Waals surface area contributed by atoms with E-state index in [0.29, 0.717) is 11.8 Å². The van der Waals surface area contributed by atoms with Gasteiger partial charge in [0.25, 0.3) is 5.91 Å². The molecule has 1 aliphatic rings. The van der Waals surface area contributed by atoms with Crippen LogP contribution in [0, 0.1) is 0 Å². The summed E-state index contributed by atoms with van der Waals surface area (Å²) < 4.78 is 5.87. The Morgan fingerprint density at radius 2 is 2.18 bits per heavy atom. The second-order valence-electron chi connectivity index (χ2n) is 4.33. The van der Waals surface area contributed by atoms with E-state index in [0.717, 1.165) is 18.6 Å². The summed E-state index contributed by atoms with van der Waals surface area (Å²) in [5.41, 5.74) is 0.404. The number of rotatable bonds is 3. The van der Waals surface area contributed by atoms with Gasteiger partial charge in [0.05, 0.1) is 6.10 Å². The Morgan fingerprint density at radius 3 is 2.88 bits per heavy atom. The van der Waals surface area contributed by atoms with Crippen LogP contribution in [-0.4, -0.2) is 24.0 Å². The largest absolute Gasteiger partial charge is 0.490 e. The number of amides is 1. The maximum absolute atomic E-state index is 11.4. The maximum atomic E-state index is 11.4. The van der Waals surface area contributed by atoms with E-state index in [1.54, 1.807) is 25.4 Å². The van der Waals surface area contributed by atoms with Crippen molar-refractivity contribution in [1.29, 1.82) is 0 Å². The first-order chi connectivity index (χ1) is 8.29. The molecule has 0 radical (unpaired) electrons. The summed E-state index contributed by atoms with van der Waals surface area (Å²) in [6, 6.07) is 3.51. The van der Waals surface area contributed by atoms with Gasteiger partial charge < -0.3 is 10.1 Å². The van der Waals surface area contributed by atoms with Gasteiger partial charge in [-0.2, -0.15) is 0 Å². The van der Waals surface area contributed by atoms with Crippen molar-refractivity contribution in [2.24, 2.45) is 0 Å². The third-order valence-electron chi connectivity index (χ3n) is 3.05. The predicted octanol–water partition coefficient (Wildman–Crippen LogP) is 2.15. The van der Waals surface area contributed by atoms with Crippen molar-refractivity contribution in [3.05, 3.63) is 24.0 Å². The highest BCUT2D eigenvalue weighted by molar-refractivity contribution is 5.92. The SMILES string of the molecule is CNC(=O)c1cc(OC2CCCCC2)ccn1. The third-order valence-corrected chi connectivity index (χ3v) is 3.05. The van der Waals surface area contributed by atoms with Gasteiger partial charge in [0, 0.05) is 19.3 Å². The highest BCUT2D eigenvalue weighted by Crippen LogP contribution is 2.23. The zero-order valence-electron chi connectivity index (χ0n) is 10.1. The van der Waals surface area contributed by atoms with Gasteiger partial charge in [-0.05, 0) is 31.7 Å². The summed E-state index contributed by atoms with van der Waals surface area (Å²) in [6.45, 7) is 0. The number of hydrogen-bond acceptors (Lipinski definition) is 3. The van der Waals surface area contributed by atoms with Crippen molar-refractivity contribution >= 4 is 5.91 Å². The highest BCUT2D eigenvalue weighted by Gasteiger charge is 2.15. The van der Waals surface area contributed by atoms with Crippen molar-refractivity contribution in [3.8, 4) is 5.75 Å². The van der Waals surface area contributed by atoms with Crippen LogP contribution < -0.4 is 10.1 Å². The number of carbonyl (C=O) groups is 1. The smallest absolute Gasteiger partial charge is 0.269 e. The summed E-state index contributed by atoms with van der Waals surface area (Å²) in [5.74, 6) is 0.560. The number of pyridine rings is 1. The van der Waals surface area contributed by atoms with Crippen LogP contribution in [-0.2, 0) is 0 Å². The number of nitrogens with zero attached hydrogens (tertiary/aromatic N) is 1. The Morgan fingerprint density at radius 1 is 1.41 bits per heavy atom. The fourth-order valence-corrected chi connectivity index (χ4v) is 2.11. The molecule has 0 bridgehead atoms. The highest BCUT2D eigenvalue weighted by atomic mass is 16.5. The molecule has 1 aliphatic carbocycles. The lowest BCUT2D eigenvalue weighted by molar-refractivity contribution is 0.0956. The lowest BCUT2D eigenvalue weighted by atomic mass is 9.98. The first kappa shape index (κ1) is 11.9. The molecule has 0 aliphatic heterocycles. The molecule has 4 heteroatoms. The Bertz CT molecular complexity index is 387. The molecule has 0 aromatic carbocycles. The van der Waals surface area contributed by atoms with Gasteiger partial charge >= 0.3 is 0 Å². The van der Waals surface area contributed by atoms with Crippen LogP contribution in [0.4, 0.5) is 0 Å². The van der Waals surface area contributed by atoms with Gasteiger partial charge in [0.1, 0.15) is 11.4 Å². The average Bonchev–Trinajstić information content (AvgIpc) is 2.39. The van der Waals surface area contributed by atoms with E-state index in [-0.39, 0.29) is 5.91 Å². The molecule has 1 aromatic heterocycles. The number of hydrogen-bond donors (Lipinski definition) is 1. The molecular formula is C13H18N2O2. The van der Waals surface area contributed by atoms with Crippen LogP contribution in [0.15, 0.2) is 18.3 Å². The van der Waals surface area contributed by atoms with Gasteiger partial charge in [-0.3, -0.25) is 9.78 Å².